The number of ether oxygens (including phenoxy) is 1. The second-order valence-electron chi connectivity index (χ2n) is 2.81. The van der Waals surface area contributed by atoms with E-state index in [0.29, 0.717) is 0 Å². The SMILES string of the molecule is O=c1ccncn1CCOCP(=O)(O)O. The molecule has 0 aliphatic carbocycles. The first-order valence-electron chi connectivity index (χ1n) is 4.12. The van der Waals surface area contributed by atoms with Crippen molar-refractivity contribution in [2.75, 3.05) is 13.0 Å². The fraction of sp³-hybridized carbons (Fsp3) is 0.429. The molecule has 0 aliphatic heterocycles. The van der Waals surface area contributed by atoms with Crippen molar-refractivity contribution < 1.29 is 19.1 Å². The van der Waals surface area contributed by atoms with Gasteiger partial charge in [-0.05, 0) is 0 Å². The molecule has 1 aromatic rings. The predicted molar refractivity (Wildman–Crippen MR) is 51.4 cm³/mol. The largest absolute Gasteiger partial charge is 0.367 e. The van der Waals surface area contributed by atoms with Gasteiger partial charge in [0.05, 0.1) is 19.5 Å². The normalized spacial score (nSPS) is 11.6. The summed E-state index contributed by atoms with van der Waals surface area (Å²) in [6.07, 6.45) is 2.07. The summed E-state index contributed by atoms with van der Waals surface area (Å²) in [7, 11) is -4.12. The molecule has 0 aliphatic rings. The van der Waals surface area contributed by atoms with Gasteiger partial charge < -0.3 is 14.5 Å². The molecule has 0 amide bonds. The maximum atomic E-state index is 11.1. The summed E-state index contributed by atoms with van der Waals surface area (Å²) in [5, 5.41) is 0. The maximum Gasteiger partial charge on any atom is 0.350 e. The zero-order valence-corrected chi connectivity index (χ0v) is 8.71. The molecular formula is C7H11N2O5P. The van der Waals surface area contributed by atoms with E-state index in [0.717, 1.165) is 0 Å². The summed E-state index contributed by atoms with van der Waals surface area (Å²) in [6.45, 7) is 0.267. The molecule has 0 aromatic carbocycles. The molecule has 0 fully saturated rings. The summed E-state index contributed by atoms with van der Waals surface area (Å²) in [5.74, 6) is 0. The van der Waals surface area contributed by atoms with Crippen molar-refractivity contribution in [3.63, 3.8) is 0 Å². The molecule has 0 bridgehead atoms. The smallest absolute Gasteiger partial charge is 0.350 e. The van der Waals surface area contributed by atoms with Crippen LogP contribution in [0.3, 0.4) is 0 Å². The molecule has 0 radical (unpaired) electrons. The number of aromatic nitrogens is 2. The van der Waals surface area contributed by atoms with Gasteiger partial charge in [0, 0.05) is 12.3 Å². The van der Waals surface area contributed by atoms with Crippen LogP contribution in [-0.4, -0.2) is 32.3 Å². The van der Waals surface area contributed by atoms with Gasteiger partial charge in [-0.2, -0.15) is 0 Å². The molecule has 15 heavy (non-hydrogen) atoms. The lowest BCUT2D eigenvalue weighted by Crippen LogP contribution is -2.21. The van der Waals surface area contributed by atoms with Gasteiger partial charge in [-0.25, -0.2) is 4.98 Å². The van der Waals surface area contributed by atoms with E-state index in [9.17, 15) is 9.36 Å². The fourth-order valence-electron chi connectivity index (χ4n) is 0.893. The van der Waals surface area contributed by atoms with Crippen LogP contribution in [0.5, 0.6) is 0 Å². The molecular weight excluding hydrogens is 223 g/mol. The zero-order valence-electron chi connectivity index (χ0n) is 7.81. The lowest BCUT2D eigenvalue weighted by Gasteiger charge is -2.06. The van der Waals surface area contributed by atoms with Gasteiger partial charge in [0.15, 0.2) is 0 Å². The Morgan fingerprint density at radius 2 is 2.27 bits per heavy atom. The van der Waals surface area contributed by atoms with Crippen LogP contribution in [0.4, 0.5) is 0 Å². The Morgan fingerprint density at radius 3 is 2.87 bits per heavy atom. The highest BCUT2D eigenvalue weighted by Gasteiger charge is 2.11. The highest BCUT2D eigenvalue weighted by Crippen LogP contribution is 2.33. The standard InChI is InChI=1S/C7H11N2O5P/c10-7-1-2-8-5-9(7)3-4-14-6-15(11,12)13/h1-2,5H,3-4,6H2,(H2,11,12,13). The third-order valence-corrected chi connectivity index (χ3v) is 2.05. The van der Waals surface area contributed by atoms with Crippen LogP contribution in [0.15, 0.2) is 23.4 Å². The summed E-state index contributed by atoms with van der Waals surface area (Å²) in [5.41, 5.74) is -0.232. The Morgan fingerprint density at radius 1 is 1.53 bits per heavy atom. The lowest BCUT2D eigenvalue weighted by molar-refractivity contribution is 0.148. The maximum absolute atomic E-state index is 11.1. The molecule has 0 saturated carbocycles. The van der Waals surface area contributed by atoms with E-state index in [4.69, 9.17) is 14.5 Å². The highest BCUT2D eigenvalue weighted by atomic mass is 31.2. The van der Waals surface area contributed by atoms with E-state index in [1.165, 1.54) is 23.2 Å². The summed E-state index contributed by atoms with van der Waals surface area (Å²) in [6, 6.07) is 1.29. The van der Waals surface area contributed by atoms with E-state index >= 15 is 0 Å². The van der Waals surface area contributed by atoms with Crippen LogP contribution in [0.2, 0.25) is 0 Å². The van der Waals surface area contributed by atoms with E-state index in [2.05, 4.69) is 4.98 Å². The predicted octanol–water partition coefficient (Wildman–Crippen LogP) is -0.605. The molecule has 8 heteroatoms. The molecule has 1 rings (SSSR count). The van der Waals surface area contributed by atoms with Gasteiger partial charge in [0.2, 0.25) is 0 Å². The fourth-order valence-corrected chi connectivity index (χ4v) is 1.26. The van der Waals surface area contributed by atoms with Gasteiger partial charge >= 0.3 is 7.60 Å². The van der Waals surface area contributed by atoms with Crippen LogP contribution in [-0.2, 0) is 15.8 Å². The van der Waals surface area contributed by atoms with E-state index < -0.39 is 13.9 Å². The molecule has 1 heterocycles. The first-order chi connectivity index (χ1) is 6.99. The average Bonchev–Trinajstić information content (AvgIpc) is 2.13. The molecule has 0 unspecified atom stereocenters. The highest BCUT2D eigenvalue weighted by molar-refractivity contribution is 7.51. The van der Waals surface area contributed by atoms with Crippen molar-refractivity contribution in [1.29, 1.82) is 0 Å². The van der Waals surface area contributed by atoms with Crippen LogP contribution >= 0.6 is 7.60 Å². The summed E-state index contributed by atoms with van der Waals surface area (Å²) >= 11 is 0. The van der Waals surface area contributed by atoms with E-state index in [-0.39, 0.29) is 18.7 Å². The second kappa shape index (κ2) is 5.18. The number of hydrogen-bond acceptors (Lipinski definition) is 4. The van der Waals surface area contributed by atoms with E-state index in [1.807, 2.05) is 0 Å². The molecule has 7 nitrogen and oxygen atoms in total. The molecule has 0 spiro atoms. The van der Waals surface area contributed by atoms with Gasteiger partial charge in [0.25, 0.3) is 5.56 Å². The molecule has 84 valence electrons. The Labute approximate surface area is 85.5 Å². The lowest BCUT2D eigenvalue weighted by atomic mass is 10.6. The topological polar surface area (TPSA) is 102 Å². The minimum absolute atomic E-state index is 0.0523. The second-order valence-corrected chi connectivity index (χ2v) is 4.40. The minimum Gasteiger partial charge on any atom is -0.367 e. The monoisotopic (exact) mass is 234 g/mol. The summed E-state index contributed by atoms with van der Waals surface area (Å²) < 4.78 is 16.4. The molecule has 1 aromatic heterocycles. The van der Waals surface area contributed by atoms with Crippen molar-refractivity contribution in [3.05, 3.63) is 28.9 Å². The van der Waals surface area contributed by atoms with Crippen molar-refractivity contribution >= 4 is 7.60 Å². The number of rotatable bonds is 5. The Kier molecular flexibility index (Phi) is 4.16. The average molecular weight is 234 g/mol. The van der Waals surface area contributed by atoms with Crippen LogP contribution < -0.4 is 5.56 Å². The minimum atomic E-state index is -4.12. The first-order valence-corrected chi connectivity index (χ1v) is 5.91. The zero-order chi connectivity index (χ0) is 11.3. The Bertz CT molecular complexity index is 412. The third kappa shape index (κ3) is 4.85. The molecule has 0 saturated heterocycles. The van der Waals surface area contributed by atoms with Gasteiger partial charge in [0.1, 0.15) is 6.35 Å². The van der Waals surface area contributed by atoms with Crippen molar-refractivity contribution in [1.82, 2.24) is 9.55 Å². The van der Waals surface area contributed by atoms with Gasteiger partial charge in [-0.3, -0.25) is 13.9 Å². The van der Waals surface area contributed by atoms with Crippen molar-refractivity contribution in [3.8, 4) is 0 Å². The van der Waals surface area contributed by atoms with Crippen LogP contribution in [0.1, 0.15) is 0 Å². The summed E-state index contributed by atoms with van der Waals surface area (Å²) in [4.78, 5) is 31.8. The van der Waals surface area contributed by atoms with Gasteiger partial charge in [-0.1, -0.05) is 0 Å². The van der Waals surface area contributed by atoms with Crippen LogP contribution in [0, 0.1) is 0 Å². The number of nitrogens with zero attached hydrogens (tertiary/aromatic N) is 2. The Hall–Kier alpha value is -1.01. The first kappa shape index (κ1) is 12.1. The van der Waals surface area contributed by atoms with Crippen molar-refractivity contribution in [2.24, 2.45) is 0 Å². The molecule has 0 atom stereocenters. The van der Waals surface area contributed by atoms with Crippen molar-refractivity contribution in [2.45, 2.75) is 6.54 Å². The van der Waals surface area contributed by atoms with Gasteiger partial charge in [-0.15, -0.1) is 0 Å². The molecule has 2 N–H and O–H groups in total. The van der Waals surface area contributed by atoms with Crippen LogP contribution in [0.25, 0.3) is 0 Å². The third-order valence-electron chi connectivity index (χ3n) is 1.53. The van der Waals surface area contributed by atoms with E-state index in [1.54, 1.807) is 0 Å². The Balaban J connectivity index is 2.36. The quantitative estimate of drug-likeness (QED) is 0.520. The number of hydrogen-bond donors (Lipinski definition) is 2.